The zero-order valence-electron chi connectivity index (χ0n) is 11.7. The quantitative estimate of drug-likeness (QED) is 0.844. The van der Waals surface area contributed by atoms with Gasteiger partial charge in [0.15, 0.2) is 0 Å². The molecule has 1 N–H and O–H groups in total. The number of methoxy groups -OCH3 is 1. The second-order valence-electron chi connectivity index (χ2n) is 5.19. The number of H-pyrrole nitrogens is 1. The van der Waals surface area contributed by atoms with Crippen LogP contribution in [0.1, 0.15) is 45.9 Å². The number of aromatic nitrogens is 2. The fourth-order valence-electron chi connectivity index (χ4n) is 1.30. The van der Waals surface area contributed by atoms with Crippen LogP contribution in [0.25, 0.3) is 0 Å². The summed E-state index contributed by atoms with van der Waals surface area (Å²) in [7, 11) is 1.67. The topological polar surface area (TPSA) is 64.2 Å². The largest absolute Gasteiger partial charge is 0.477 e. The number of nitrogens with one attached hydrogen (secondary N) is 1. The number of rotatable bonds is 6. The van der Waals surface area contributed by atoms with Crippen molar-refractivity contribution in [3.05, 3.63) is 22.2 Å². The molecule has 0 aliphatic heterocycles. The Morgan fingerprint density at radius 2 is 2.11 bits per heavy atom. The second-order valence-corrected chi connectivity index (χ2v) is 5.19. The van der Waals surface area contributed by atoms with Gasteiger partial charge in [-0.25, -0.2) is 0 Å². The lowest BCUT2D eigenvalue weighted by atomic mass is 10.1. The van der Waals surface area contributed by atoms with E-state index in [-0.39, 0.29) is 17.1 Å². The zero-order valence-corrected chi connectivity index (χ0v) is 11.7. The van der Waals surface area contributed by atoms with Crippen molar-refractivity contribution in [3.63, 3.8) is 0 Å². The maximum Gasteiger partial charge on any atom is 0.254 e. The van der Waals surface area contributed by atoms with Crippen LogP contribution >= 0.6 is 0 Å². The third kappa shape index (κ3) is 4.49. The normalized spacial score (nSPS) is 11.9. The molecule has 0 radical (unpaired) electrons. The maximum absolute atomic E-state index is 11.4. The number of nitrogens with zero attached hydrogens (tertiary/aromatic N) is 1. The van der Waals surface area contributed by atoms with Gasteiger partial charge in [-0.1, -0.05) is 13.8 Å². The van der Waals surface area contributed by atoms with Gasteiger partial charge in [0.05, 0.1) is 18.3 Å². The summed E-state index contributed by atoms with van der Waals surface area (Å²) < 4.78 is 10.8. The lowest BCUT2D eigenvalue weighted by Gasteiger charge is -2.22. The van der Waals surface area contributed by atoms with Crippen molar-refractivity contribution in [1.29, 1.82) is 0 Å². The predicted octanol–water partition coefficient (Wildman–Crippen LogP) is 2.09. The van der Waals surface area contributed by atoms with E-state index >= 15 is 0 Å². The van der Waals surface area contributed by atoms with Gasteiger partial charge < -0.3 is 14.5 Å². The van der Waals surface area contributed by atoms with Crippen LogP contribution in [0, 0.1) is 0 Å². The number of ether oxygens (including phenoxy) is 2. The Balaban J connectivity index is 2.65. The highest BCUT2D eigenvalue weighted by atomic mass is 16.5. The van der Waals surface area contributed by atoms with E-state index in [0.29, 0.717) is 18.3 Å². The number of hydrogen-bond donors (Lipinski definition) is 1. The summed E-state index contributed by atoms with van der Waals surface area (Å²) in [5.74, 6) is 1.18. The summed E-state index contributed by atoms with van der Waals surface area (Å²) in [5.41, 5.74) is -0.420. The Morgan fingerprint density at radius 1 is 1.44 bits per heavy atom. The minimum atomic E-state index is -0.234. The highest BCUT2D eigenvalue weighted by molar-refractivity contribution is 5.10. The van der Waals surface area contributed by atoms with Crippen molar-refractivity contribution in [3.8, 4) is 5.88 Å². The van der Waals surface area contributed by atoms with Crippen molar-refractivity contribution in [2.24, 2.45) is 0 Å². The molecule has 0 aliphatic rings. The van der Waals surface area contributed by atoms with E-state index in [1.54, 1.807) is 7.11 Å². The predicted molar refractivity (Wildman–Crippen MR) is 70.1 cm³/mol. The average molecular weight is 254 g/mol. The molecule has 102 valence electrons. The molecule has 0 spiro atoms. The molecule has 0 fully saturated rings. The summed E-state index contributed by atoms with van der Waals surface area (Å²) >= 11 is 0. The minimum Gasteiger partial charge on any atom is -0.477 e. The van der Waals surface area contributed by atoms with Crippen LogP contribution < -0.4 is 10.3 Å². The van der Waals surface area contributed by atoms with Crippen LogP contribution in [0.2, 0.25) is 0 Å². The molecule has 5 nitrogen and oxygen atoms in total. The Labute approximate surface area is 108 Å². The molecule has 0 aromatic carbocycles. The first-order chi connectivity index (χ1) is 8.34. The van der Waals surface area contributed by atoms with E-state index in [4.69, 9.17) is 9.47 Å². The monoisotopic (exact) mass is 254 g/mol. The molecule has 0 saturated carbocycles. The molecule has 1 heterocycles. The fraction of sp³-hybridized carbons (Fsp3) is 0.692. The SMILES string of the molecule is COC(C)(C)CCOc1cc(=O)[nH]c(C(C)C)n1. The van der Waals surface area contributed by atoms with Crippen LogP contribution in [0.4, 0.5) is 0 Å². The van der Waals surface area contributed by atoms with Crippen LogP contribution in [-0.2, 0) is 4.74 Å². The van der Waals surface area contributed by atoms with Gasteiger partial charge in [-0.2, -0.15) is 4.98 Å². The molecule has 0 saturated heterocycles. The van der Waals surface area contributed by atoms with E-state index in [2.05, 4.69) is 9.97 Å². The zero-order chi connectivity index (χ0) is 13.8. The molecule has 5 heteroatoms. The first kappa shape index (κ1) is 14.7. The Bertz CT molecular complexity index is 438. The smallest absolute Gasteiger partial charge is 0.254 e. The van der Waals surface area contributed by atoms with Crippen molar-refractivity contribution in [1.82, 2.24) is 9.97 Å². The third-order valence-corrected chi connectivity index (χ3v) is 2.79. The summed E-state index contributed by atoms with van der Waals surface area (Å²) in [6.07, 6.45) is 0.731. The summed E-state index contributed by atoms with van der Waals surface area (Å²) in [5, 5.41) is 0. The molecular formula is C13H22N2O3. The van der Waals surface area contributed by atoms with Gasteiger partial charge in [0.1, 0.15) is 5.82 Å². The standard InChI is InChI=1S/C13H22N2O3/c1-9(2)12-14-10(16)8-11(15-12)18-7-6-13(3,4)17-5/h8-9H,6-7H2,1-5H3,(H,14,15,16). The molecule has 0 bridgehead atoms. The van der Waals surface area contributed by atoms with E-state index in [9.17, 15) is 4.79 Å². The van der Waals surface area contributed by atoms with Gasteiger partial charge in [0.25, 0.3) is 5.56 Å². The van der Waals surface area contributed by atoms with Crippen molar-refractivity contribution in [2.45, 2.75) is 45.6 Å². The Morgan fingerprint density at radius 3 is 2.67 bits per heavy atom. The Hall–Kier alpha value is -1.36. The molecule has 0 atom stereocenters. The molecule has 0 aliphatic carbocycles. The molecule has 1 rings (SSSR count). The van der Waals surface area contributed by atoms with Crippen molar-refractivity contribution < 1.29 is 9.47 Å². The molecular weight excluding hydrogens is 232 g/mol. The molecule has 18 heavy (non-hydrogen) atoms. The number of hydrogen-bond acceptors (Lipinski definition) is 4. The first-order valence-electron chi connectivity index (χ1n) is 6.13. The van der Waals surface area contributed by atoms with Gasteiger partial charge in [0.2, 0.25) is 5.88 Å². The summed E-state index contributed by atoms with van der Waals surface area (Å²) in [4.78, 5) is 18.4. The van der Waals surface area contributed by atoms with Gasteiger partial charge in [-0.3, -0.25) is 4.79 Å². The highest BCUT2D eigenvalue weighted by Gasteiger charge is 2.16. The molecule has 1 aromatic heterocycles. The first-order valence-corrected chi connectivity index (χ1v) is 6.13. The van der Waals surface area contributed by atoms with Crippen LogP contribution in [0.5, 0.6) is 5.88 Å². The Kier molecular flexibility index (Phi) is 4.90. The van der Waals surface area contributed by atoms with E-state index in [0.717, 1.165) is 6.42 Å². The molecule has 0 unspecified atom stereocenters. The maximum atomic E-state index is 11.4. The summed E-state index contributed by atoms with van der Waals surface area (Å²) in [6, 6.07) is 1.37. The highest BCUT2D eigenvalue weighted by Crippen LogP contribution is 2.15. The second kappa shape index (κ2) is 6.00. The lowest BCUT2D eigenvalue weighted by Crippen LogP contribution is -2.25. The van der Waals surface area contributed by atoms with E-state index in [1.165, 1.54) is 6.07 Å². The van der Waals surface area contributed by atoms with Crippen LogP contribution in [0.15, 0.2) is 10.9 Å². The fourth-order valence-corrected chi connectivity index (χ4v) is 1.30. The van der Waals surface area contributed by atoms with E-state index in [1.807, 2.05) is 27.7 Å². The molecule has 0 amide bonds. The minimum absolute atomic E-state index is 0.164. The van der Waals surface area contributed by atoms with Gasteiger partial charge >= 0.3 is 0 Å². The average Bonchev–Trinajstić information content (AvgIpc) is 2.28. The van der Waals surface area contributed by atoms with E-state index < -0.39 is 0 Å². The molecule has 1 aromatic rings. The van der Waals surface area contributed by atoms with Crippen molar-refractivity contribution in [2.75, 3.05) is 13.7 Å². The third-order valence-electron chi connectivity index (χ3n) is 2.79. The number of aromatic amines is 1. The van der Waals surface area contributed by atoms with Crippen LogP contribution in [-0.4, -0.2) is 29.3 Å². The van der Waals surface area contributed by atoms with Gasteiger partial charge in [-0.05, 0) is 13.8 Å². The lowest BCUT2D eigenvalue weighted by molar-refractivity contribution is 0.00504. The van der Waals surface area contributed by atoms with Crippen molar-refractivity contribution >= 4 is 0 Å². The van der Waals surface area contributed by atoms with Gasteiger partial charge in [-0.15, -0.1) is 0 Å². The summed E-state index contributed by atoms with van der Waals surface area (Å²) in [6.45, 7) is 8.38. The van der Waals surface area contributed by atoms with Gasteiger partial charge in [0, 0.05) is 19.4 Å². The van der Waals surface area contributed by atoms with Crippen LogP contribution in [0.3, 0.4) is 0 Å².